The van der Waals surface area contributed by atoms with Crippen molar-refractivity contribution in [2.75, 3.05) is 0 Å². The van der Waals surface area contributed by atoms with Crippen LogP contribution < -0.4 is 5.32 Å². The largest absolute Gasteiger partial charge is 0.508 e. The third-order valence-corrected chi connectivity index (χ3v) is 3.51. The number of carbonyl (C=O) groups excluding carboxylic acids is 1. The summed E-state index contributed by atoms with van der Waals surface area (Å²) in [5.41, 5.74) is 2.64. The van der Waals surface area contributed by atoms with Gasteiger partial charge in [0.2, 0.25) is 0 Å². The Morgan fingerprint density at radius 1 is 1.04 bits per heavy atom. The van der Waals surface area contributed by atoms with Crippen LogP contribution >= 0.6 is 0 Å². The van der Waals surface area contributed by atoms with E-state index in [9.17, 15) is 9.90 Å². The molecule has 0 radical (unpaired) electrons. The zero-order valence-electron chi connectivity index (χ0n) is 12.5. The molecular formula is C18H17N3O2. The third-order valence-electron chi connectivity index (χ3n) is 3.51. The zero-order valence-corrected chi connectivity index (χ0v) is 12.5. The molecule has 0 spiro atoms. The summed E-state index contributed by atoms with van der Waals surface area (Å²) >= 11 is 0. The van der Waals surface area contributed by atoms with E-state index in [1.807, 2.05) is 41.2 Å². The lowest BCUT2D eigenvalue weighted by molar-refractivity contribution is 0.0951. The van der Waals surface area contributed by atoms with Gasteiger partial charge >= 0.3 is 0 Å². The number of carbonyl (C=O) groups is 1. The number of aromatic hydroxyl groups is 1. The Balaban J connectivity index is 1.58. The van der Waals surface area contributed by atoms with Crippen molar-refractivity contribution in [3.05, 3.63) is 83.7 Å². The average molecular weight is 307 g/mol. The first-order valence-electron chi connectivity index (χ1n) is 7.33. The summed E-state index contributed by atoms with van der Waals surface area (Å²) in [7, 11) is 0. The molecule has 116 valence electrons. The van der Waals surface area contributed by atoms with Crippen LogP contribution in [0.4, 0.5) is 0 Å². The molecule has 2 N–H and O–H groups in total. The molecule has 1 amide bonds. The van der Waals surface area contributed by atoms with Crippen molar-refractivity contribution in [3.8, 4) is 5.75 Å². The van der Waals surface area contributed by atoms with E-state index < -0.39 is 0 Å². The highest BCUT2D eigenvalue weighted by Gasteiger charge is 2.05. The van der Waals surface area contributed by atoms with Gasteiger partial charge in [-0.3, -0.25) is 9.48 Å². The van der Waals surface area contributed by atoms with Crippen molar-refractivity contribution < 1.29 is 9.90 Å². The lowest BCUT2D eigenvalue weighted by Crippen LogP contribution is -2.22. The van der Waals surface area contributed by atoms with Crippen LogP contribution in [0.1, 0.15) is 21.5 Å². The van der Waals surface area contributed by atoms with E-state index in [0.717, 1.165) is 11.1 Å². The van der Waals surface area contributed by atoms with Crippen molar-refractivity contribution >= 4 is 5.91 Å². The number of nitrogens with one attached hydrogen (secondary N) is 1. The summed E-state index contributed by atoms with van der Waals surface area (Å²) in [6.07, 6.45) is 3.64. The molecule has 5 nitrogen and oxygen atoms in total. The van der Waals surface area contributed by atoms with Crippen molar-refractivity contribution in [2.45, 2.75) is 13.1 Å². The highest BCUT2D eigenvalue weighted by atomic mass is 16.3. The Morgan fingerprint density at radius 2 is 1.74 bits per heavy atom. The lowest BCUT2D eigenvalue weighted by Gasteiger charge is -2.07. The summed E-state index contributed by atoms with van der Waals surface area (Å²) in [6, 6.07) is 16.1. The van der Waals surface area contributed by atoms with Crippen LogP contribution in [-0.4, -0.2) is 20.8 Å². The molecule has 0 atom stereocenters. The van der Waals surface area contributed by atoms with E-state index in [4.69, 9.17) is 0 Å². The summed E-state index contributed by atoms with van der Waals surface area (Å²) < 4.78 is 1.83. The van der Waals surface area contributed by atoms with Crippen LogP contribution in [0.2, 0.25) is 0 Å². The molecule has 3 rings (SSSR count). The Morgan fingerprint density at radius 3 is 2.39 bits per heavy atom. The molecule has 23 heavy (non-hydrogen) atoms. The Bertz CT molecular complexity index is 763. The first-order valence-corrected chi connectivity index (χ1v) is 7.33. The Hall–Kier alpha value is -3.08. The Kier molecular flexibility index (Phi) is 4.38. The maximum Gasteiger partial charge on any atom is 0.251 e. The number of nitrogens with zero attached hydrogens (tertiary/aromatic N) is 2. The first kappa shape index (κ1) is 14.8. The number of benzene rings is 2. The third kappa shape index (κ3) is 3.97. The molecule has 0 aliphatic carbocycles. The van der Waals surface area contributed by atoms with Gasteiger partial charge in [-0.05, 0) is 41.5 Å². The maximum absolute atomic E-state index is 12.1. The summed E-state index contributed by atoms with van der Waals surface area (Å²) in [5, 5.41) is 16.3. The number of hydrogen-bond donors (Lipinski definition) is 2. The summed E-state index contributed by atoms with van der Waals surface area (Å²) in [4.78, 5) is 12.1. The zero-order chi connectivity index (χ0) is 16.1. The molecule has 0 bridgehead atoms. The molecule has 0 fully saturated rings. The van der Waals surface area contributed by atoms with Gasteiger partial charge in [0.1, 0.15) is 5.75 Å². The second-order valence-electron chi connectivity index (χ2n) is 5.25. The second-order valence-corrected chi connectivity index (χ2v) is 5.25. The molecule has 0 saturated carbocycles. The fourth-order valence-corrected chi connectivity index (χ4v) is 2.24. The van der Waals surface area contributed by atoms with Gasteiger partial charge in [-0.25, -0.2) is 0 Å². The topological polar surface area (TPSA) is 67.2 Å². The monoisotopic (exact) mass is 307 g/mol. The van der Waals surface area contributed by atoms with E-state index in [-0.39, 0.29) is 11.7 Å². The maximum atomic E-state index is 12.1. The molecule has 1 aromatic heterocycles. The van der Waals surface area contributed by atoms with Crippen molar-refractivity contribution in [1.29, 1.82) is 0 Å². The normalized spacial score (nSPS) is 10.4. The van der Waals surface area contributed by atoms with Crippen molar-refractivity contribution in [2.24, 2.45) is 0 Å². The van der Waals surface area contributed by atoms with Gasteiger partial charge in [0.15, 0.2) is 0 Å². The minimum absolute atomic E-state index is 0.122. The predicted octanol–water partition coefficient (Wildman–Crippen LogP) is 2.57. The number of rotatable bonds is 5. The highest BCUT2D eigenvalue weighted by molar-refractivity contribution is 5.94. The van der Waals surface area contributed by atoms with Crippen molar-refractivity contribution in [1.82, 2.24) is 15.1 Å². The number of phenolic OH excluding ortho intramolecular Hbond substituents is 1. The number of amides is 1. The fourth-order valence-electron chi connectivity index (χ4n) is 2.24. The Labute approximate surface area is 134 Å². The van der Waals surface area contributed by atoms with Gasteiger partial charge in [-0.1, -0.05) is 24.3 Å². The molecule has 0 aliphatic heterocycles. The highest BCUT2D eigenvalue weighted by Crippen LogP contribution is 2.10. The first-order chi connectivity index (χ1) is 11.2. The molecule has 1 heterocycles. The number of hydrogen-bond acceptors (Lipinski definition) is 3. The quantitative estimate of drug-likeness (QED) is 0.761. The van der Waals surface area contributed by atoms with Crippen molar-refractivity contribution in [3.63, 3.8) is 0 Å². The van der Waals surface area contributed by atoms with Crippen LogP contribution in [0.5, 0.6) is 5.75 Å². The smallest absolute Gasteiger partial charge is 0.251 e. The van der Waals surface area contributed by atoms with E-state index in [2.05, 4.69) is 10.4 Å². The van der Waals surface area contributed by atoms with Crippen LogP contribution in [0.25, 0.3) is 0 Å². The summed E-state index contributed by atoms with van der Waals surface area (Å²) in [5.74, 6) is 0.0940. The molecule has 3 aromatic rings. The van der Waals surface area contributed by atoms with E-state index in [1.54, 1.807) is 30.5 Å². The molecular weight excluding hydrogens is 290 g/mol. The molecule has 5 heteroatoms. The van der Waals surface area contributed by atoms with E-state index in [1.165, 1.54) is 0 Å². The molecule has 0 aliphatic rings. The van der Waals surface area contributed by atoms with Crippen LogP contribution in [0.3, 0.4) is 0 Å². The van der Waals surface area contributed by atoms with Crippen LogP contribution in [-0.2, 0) is 13.1 Å². The average Bonchev–Trinajstić information content (AvgIpc) is 3.08. The standard InChI is InChI=1S/C18H17N3O2/c22-17-8-4-14(5-9-17)12-19-18(23)16-6-2-15(3-7-16)13-21-11-1-10-20-21/h1-11,22H,12-13H2,(H,19,23). The van der Waals surface area contributed by atoms with Gasteiger partial charge in [0.25, 0.3) is 5.91 Å². The fraction of sp³-hybridized carbons (Fsp3) is 0.111. The predicted molar refractivity (Wildman–Crippen MR) is 87.0 cm³/mol. The van der Waals surface area contributed by atoms with Gasteiger partial charge < -0.3 is 10.4 Å². The van der Waals surface area contributed by atoms with Gasteiger partial charge in [-0.2, -0.15) is 5.10 Å². The molecule has 2 aromatic carbocycles. The van der Waals surface area contributed by atoms with E-state index in [0.29, 0.717) is 18.7 Å². The second kappa shape index (κ2) is 6.79. The summed E-state index contributed by atoms with van der Waals surface area (Å²) in [6.45, 7) is 1.11. The van der Waals surface area contributed by atoms with E-state index >= 15 is 0 Å². The minimum atomic E-state index is -0.122. The number of phenols is 1. The van der Waals surface area contributed by atoms with Gasteiger partial charge in [0, 0.05) is 24.5 Å². The van der Waals surface area contributed by atoms with Crippen LogP contribution in [0, 0.1) is 0 Å². The molecule has 0 unspecified atom stereocenters. The van der Waals surface area contributed by atoms with Gasteiger partial charge in [-0.15, -0.1) is 0 Å². The van der Waals surface area contributed by atoms with Gasteiger partial charge in [0.05, 0.1) is 6.54 Å². The lowest BCUT2D eigenvalue weighted by atomic mass is 10.1. The minimum Gasteiger partial charge on any atom is -0.508 e. The van der Waals surface area contributed by atoms with Crippen LogP contribution in [0.15, 0.2) is 67.0 Å². The molecule has 0 saturated heterocycles. The number of aromatic nitrogens is 2. The SMILES string of the molecule is O=C(NCc1ccc(O)cc1)c1ccc(Cn2cccn2)cc1.